The number of methoxy groups -OCH3 is 1. The maximum atomic E-state index is 12.2. The molecule has 1 amide bonds. The largest absolute Gasteiger partial charge is 0.461 e. The van der Waals surface area contributed by atoms with Gasteiger partial charge in [0.1, 0.15) is 18.8 Å². The summed E-state index contributed by atoms with van der Waals surface area (Å²) in [6.07, 6.45) is -0.768. The Morgan fingerprint density at radius 1 is 1.30 bits per heavy atom. The van der Waals surface area contributed by atoms with E-state index in [1.165, 1.54) is 7.11 Å². The molecule has 7 heteroatoms. The minimum Gasteiger partial charge on any atom is -0.461 e. The molecule has 0 unspecified atom stereocenters. The van der Waals surface area contributed by atoms with Gasteiger partial charge in [0.05, 0.1) is 13.7 Å². The van der Waals surface area contributed by atoms with E-state index >= 15 is 0 Å². The SMILES string of the molecule is COC(=O)N[C@@H](C(=O)OC[C@H]1CN(CC(C)C)CCO1)C(C)C. The van der Waals surface area contributed by atoms with Crippen molar-refractivity contribution in [2.24, 2.45) is 11.8 Å². The Labute approximate surface area is 138 Å². The molecule has 23 heavy (non-hydrogen) atoms. The monoisotopic (exact) mass is 330 g/mol. The van der Waals surface area contributed by atoms with Crippen molar-refractivity contribution in [3.63, 3.8) is 0 Å². The first kappa shape index (κ1) is 19.7. The molecular formula is C16H30N2O5. The number of nitrogens with one attached hydrogen (secondary N) is 1. The number of amides is 1. The molecule has 1 aliphatic heterocycles. The van der Waals surface area contributed by atoms with Crippen molar-refractivity contribution in [1.82, 2.24) is 10.2 Å². The van der Waals surface area contributed by atoms with Gasteiger partial charge in [-0.1, -0.05) is 27.7 Å². The van der Waals surface area contributed by atoms with Gasteiger partial charge in [0.15, 0.2) is 0 Å². The van der Waals surface area contributed by atoms with Crippen LogP contribution in [-0.4, -0.2) is 69.1 Å². The predicted molar refractivity (Wildman–Crippen MR) is 86.1 cm³/mol. The second-order valence-electron chi connectivity index (χ2n) is 6.63. The first-order chi connectivity index (χ1) is 10.8. The molecule has 0 aliphatic carbocycles. The molecule has 2 atom stereocenters. The van der Waals surface area contributed by atoms with Gasteiger partial charge < -0.3 is 19.5 Å². The molecule has 7 nitrogen and oxygen atoms in total. The van der Waals surface area contributed by atoms with Gasteiger partial charge >= 0.3 is 12.1 Å². The van der Waals surface area contributed by atoms with Crippen LogP contribution in [0.15, 0.2) is 0 Å². The molecule has 1 fully saturated rings. The molecule has 0 aromatic rings. The number of esters is 1. The summed E-state index contributed by atoms with van der Waals surface area (Å²) >= 11 is 0. The summed E-state index contributed by atoms with van der Waals surface area (Å²) in [5, 5.41) is 2.50. The van der Waals surface area contributed by atoms with Crippen molar-refractivity contribution in [2.45, 2.75) is 39.8 Å². The maximum absolute atomic E-state index is 12.2. The van der Waals surface area contributed by atoms with E-state index in [4.69, 9.17) is 9.47 Å². The Morgan fingerprint density at radius 3 is 2.57 bits per heavy atom. The summed E-state index contributed by atoms with van der Waals surface area (Å²) in [4.78, 5) is 25.8. The minimum atomic E-state index is -0.724. The van der Waals surface area contributed by atoms with E-state index < -0.39 is 18.1 Å². The fourth-order valence-corrected chi connectivity index (χ4v) is 2.51. The minimum absolute atomic E-state index is 0.0914. The number of rotatable bonds is 7. The molecule has 0 bridgehead atoms. The van der Waals surface area contributed by atoms with Crippen LogP contribution in [0, 0.1) is 11.8 Å². The number of carbonyl (C=O) groups excluding carboxylic acids is 2. The van der Waals surface area contributed by atoms with Gasteiger partial charge in [-0.3, -0.25) is 4.90 Å². The Bertz CT molecular complexity index is 387. The van der Waals surface area contributed by atoms with Gasteiger partial charge in [-0.25, -0.2) is 9.59 Å². The Morgan fingerprint density at radius 2 is 2.00 bits per heavy atom. The van der Waals surface area contributed by atoms with Crippen LogP contribution in [0.3, 0.4) is 0 Å². The van der Waals surface area contributed by atoms with E-state index in [1.807, 2.05) is 13.8 Å². The van der Waals surface area contributed by atoms with Gasteiger partial charge in [0.25, 0.3) is 0 Å². The van der Waals surface area contributed by atoms with Crippen molar-refractivity contribution in [3.8, 4) is 0 Å². The molecule has 0 aromatic heterocycles. The lowest BCUT2D eigenvalue weighted by Crippen LogP contribution is -2.48. The van der Waals surface area contributed by atoms with Gasteiger partial charge in [0, 0.05) is 19.6 Å². The third kappa shape index (κ3) is 7.18. The summed E-state index contributed by atoms with van der Waals surface area (Å²) in [6, 6.07) is -0.724. The first-order valence-electron chi connectivity index (χ1n) is 8.18. The van der Waals surface area contributed by atoms with E-state index in [-0.39, 0.29) is 18.6 Å². The zero-order valence-electron chi connectivity index (χ0n) is 14.8. The third-order valence-electron chi connectivity index (χ3n) is 3.64. The molecule has 1 saturated heterocycles. The molecule has 1 N–H and O–H groups in total. The zero-order valence-corrected chi connectivity index (χ0v) is 14.8. The van der Waals surface area contributed by atoms with E-state index in [0.717, 1.165) is 19.6 Å². The van der Waals surface area contributed by atoms with Crippen molar-refractivity contribution < 1.29 is 23.8 Å². The summed E-state index contributed by atoms with van der Waals surface area (Å²) in [5.74, 6) is 0.0344. The number of ether oxygens (including phenoxy) is 3. The highest BCUT2D eigenvalue weighted by Gasteiger charge is 2.28. The lowest BCUT2D eigenvalue weighted by Gasteiger charge is -2.33. The van der Waals surface area contributed by atoms with Crippen LogP contribution in [-0.2, 0) is 19.0 Å². The summed E-state index contributed by atoms with van der Waals surface area (Å²) in [5.41, 5.74) is 0. The number of carbonyl (C=O) groups is 2. The van der Waals surface area contributed by atoms with E-state index in [2.05, 4.69) is 28.8 Å². The highest BCUT2D eigenvalue weighted by Crippen LogP contribution is 2.10. The highest BCUT2D eigenvalue weighted by molar-refractivity contribution is 5.81. The normalized spacial score (nSPS) is 20.4. The van der Waals surface area contributed by atoms with Gasteiger partial charge in [-0.15, -0.1) is 0 Å². The standard InChI is InChI=1S/C16H30N2O5/c1-11(2)8-18-6-7-22-13(9-18)10-23-15(19)14(12(3)4)17-16(20)21-5/h11-14H,6-10H2,1-5H3,(H,17,20)/t13-,14-/m1/s1. The summed E-state index contributed by atoms with van der Waals surface area (Å²) < 4.78 is 15.5. The molecule has 0 aromatic carbocycles. The number of nitrogens with zero attached hydrogens (tertiary/aromatic N) is 1. The molecule has 0 radical (unpaired) electrons. The van der Waals surface area contributed by atoms with Gasteiger partial charge in [0.2, 0.25) is 0 Å². The van der Waals surface area contributed by atoms with Crippen LogP contribution in [0.4, 0.5) is 4.79 Å². The fraction of sp³-hybridized carbons (Fsp3) is 0.875. The van der Waals surface area contributed by atoms with Crippen LogP contribution in [0.1, 0.15) is 27.7 Å². The zero-order chi connectivity index (χ0) is 17.4. The van der Waals surface area contributed by atoms with Crippen LogP contribution in [0.25, 0.3) is 0 Å². The molecule has 0 saturated carbocycles. The summed E-state index contributed by atoms with van der Waals surface area (Å²) in [7, 11) is 1.26. The Kier molecular flexibility index (Phi) is 8.33. The average molecular weight is 330 g/mol. The molecule has 134 valence electrons. The lowest BCUT2D eigenvalue weighted by atomic mass is 10.1. The number of alkyl carbamates (subject to hydrolysis) is 1. The van der Waals surface area contributed by atoms with Crippen molar-refractivity contribution in [2.75, 3.05) is 40.0 Å². The summed E-state index contributed by atoms with van der Waals surface area (Å²) in [6.45, 7) is 11.5. The second kappa shape index (κ2) is 9.72. The van der Waals surface area contributed by atoms with Gasteiger partial charge in [-0.2, -0.15) is 0 Å². The van der Waals surface area contributed by atoms with Crippen LogP contribution in [0.2, 0.25) is 0 Å². The van der Waals surface area contributed by atoms with Crippen molar-refractivity contribution in [3.05, 3.63) is 0 Å². The lowest BCUT2D eigenvalue weighted by molar-refractivity contribution is -0.154. The number of morpholine rings is 1. The highest BCUT2D eigenvalue weighted by atomic mass is 16.6. The quantitative estimate of drug-likeness (QED) is 0.708. The number of hydrogen-bond acceptors (Lipinski definition) is 6. The Balaban J connectivity index is 2.45. The van der Waals surface area contributed by atoms with Gasteiger partial charge in [-0.05, 0) is 11.8 Å². The molecule has 1 heterocycles. The van der Waals surface area contributed by atoms with Crippen LogP contribution < -0.4 is 5.32 Å². The number of hydrogen-bond donors (Lipinski definition) is 1. The topological polar surface area (TPSA) is 77.1 Å². The van der Waals surface area contributed by atoms with E-state index in [9.17, 15) is 9.59 Å². The Hall–Kier alpha value is -1.34. The van der Waals surface area contributed by atoms with Crippen LogP contribution >= 0.6 is 0 Å². The predicted octanol–water partition coefficient (Wildman–Crippen LogP) is 1.27. The fourth-order valence-electron chi connectivity index (χ4n) is 2.51. The second-order valence-corrected chi connectivity index (χ2v) is 6.63. The van der Waals surface area contributed by atoms with E-state index in [1.54, 1.807) is 0 Å². The molecular weight excluding hydrogens is 300 g/mol. The third-order valence-corrected chi connectivity index (χ3v) is 3.64. The van der Waals surface area contributed by atoms with Crippen LogP contribution in [0.5, 0.6) is 0 Å². The molecule has 1 aliphatic rings. The van der Waals surface area contributed by atoms with Crippen molar-refractivity contribution in [1.29, 1.82) is 0 Å². The smallest absolute Gasteiger partial charge is 0.407 e. The van der Waals surface area contributed by atoms with Crippen molar-refractivity contribution >= 4 is 12.1 Å². The molecule has 1 rings (SSSR count). The first-order valence-corrected chi connectivity index (χ1v) is 8.18. The average Bonchev–Trinajstić information content (AvgIpc) is 2.49. The van der Waals surface area contributed by atoms with E-state index in [0.29, 0.717) is 12.5 Å². The maximum Gasteiger partial charge on any atom is 0.407 e. The molecule has 0 spiro atoms.